The Morgan fingerprint density at radius 3 is 2.43 bits per heavy atom. The first kappa shape index (κ1) is 26.4. The van der Waals surface area contributed by atoms with Gasteiger partial charge in [-0.25, -0.2) is 0 Å². The van der Waals surface area contributed by atoms with Crippen LogP contribution in [0.3, 0.4) is 0 Å². The molecule has 3 saturated heterocycles. The summed E-state index contributed by atoms with van der Waals surface area (Å²) in [6.07, 6.45) is 3.86. The average molecular weight is 529 g/mol. The van der Waals surface area contributed by atoms with Gasteiger partial charge < -0.3 is 30.4 Å². The standard InChI is InChI=1S/C27H40N8O.ClH/c36-26-5-2-1-4-23(26)24-18-25-27(31-30-24)29-19-22-20-34(16-17-35(22)25)21-6-12-32(13-7-21)10-3-11-33-14-8-28-9-15-33;/h1-2,4-5,18,21-22,28,36H,3,6-17,19-20H2,(H,29,31);1H/t22-;/m0./s1. The number of phenols is 1. The Morgan fingerprint density at radius 2 is 1.65 bits per heavy atom. The maximum atomic E-state index is 10.3. The molecule has 4 aliphatic heterocycles. The number of hydrogen-bond donors (Lipinski definition) is 3. The fourth-order valence-electron chi connectivity index (χ4n) is 6.43. The Morgan fingerprint density at radius 1 is 0.892 bits per heavy atom. The molecule has 37 heavy (non-hydrogen) atoms. The first-order chi connectivity index (χ1) is 17.7. The smallest absolute Gasteiger partial charge is 0.172 e. The lowest BCUT2D eigenvalue weighted by atomic mass is 9.99. The quantitative estimate of drug-likeness (QED) is 0.521. The van der Waals surface area contributed by atoms with Gasteiger partial charge in [-0.3, -0.25) is 4.90 Å². The van der Waals surface area contributed by atoms with Gasteiger partial charge in [-0.1, -0.05) is 12.1 Å². The van der Waals surface area contributed by atoms with E-state index in [0.717, 1.165) is 62.0 Å². The largest absolute Gasteiger partial charge is 0.507 e. The van der Waals surface area contributed by atoms with Gasteiger partial charge in [0, 0.05) is 64.0 Å². The number of anilines is 2. The van der Waals surface area contributed by atoms with Crippen LogP contribution >= 0.6 is 12.4 Å². The van der Waals surface area contributed by atoms with E-state index in [0.29, 0.717) is 12.1 Å². The van der Waals surface area contributed by atoms with Gasteiger partial charge in [-0.15, -0.1) is 22.6 Å². The molecule has 0 aliphatic carbocycles. The number of fused-ring (bicyclic) bond motifs is 3. The molecule has 202 valence electrons. The van der Waals surface area contributed by atoms with Crippen molar-refractivity contribution in [3.05, 3.63) is 30.3 Å². The maximum Gasteiger partial charge on any atom is 0.172 e. The van der Waals surface area contributed by atoms with Crippen LogP contribution in [0, 0.1) is 0 Å². The second kappa shape index (κ2) is 12.1. The number of likely N-dealkylation sites (tertiary alicyclic amines) is 1. The van der Waals surface area contributed by atoms with Crippen LogP contribution in [0.15, 0.2) is 30.3 Å². The monoisotopic (exact) mass is 528 g/mol. The van der Waals surface area contributed by atoms with Crippen LogP contribution in [0.5, 0.6) is 5.75 Å². The summed E-state index contributed by atoms with van der Waals surface area (Å²) in [5.41, 5.74) is 2.56. The number of piperazine rings is 2. The van der Waals surface area contributed by atoms with E-state index in [1.165, 1.54) is 58.5 Å². The molecular formula is C27H41ClN8O. The lowest BCUT2D eigenvalue weighted by molar-refractivity contribution is 0.0898. The first-order valence-electron chi connectivity index (χ1n) is 13.8. The number of benzene rings is 1. The van der Waals surface area contributed by atoms with Crippen molar-refractivity contribution in [2.24, 2.45) is 0 Å². The zero-order valence-electron chi connectivity index (χ0n) is 21.7. The zero-order chi connectivity index (χ0) is 24.3. The van der Waals surface area contributed by atoms with E-state index < -0.39 is 0 Å². The minimum absolute atomic E-state index is 0. The van der Waals surface area contributed by atoms with Crippen LogP contribution in [-0.4, -0.2) is 121 Å². The molecule has 0 bridgehead atoms. The molecule has 2 aromatic rings. The summed E-state index contributed by atoms with van der Waals surface area (Å²) in [7, 11) is 0. The number of phenolic OH excluding ortho intramolecular Hbond substituents is 1. The van der Waals surface area contributed by atoms with E-state index >= 15 is 0 Å². The molecule has 3 N–H and O–H groups in total. The third-order valence-electron chi connectivity index (χ3n) is 8.51. The molecule has 0 unspecified atom stereocenters. The summed E-state index contributed by atoms with van der Waals surface area (Å²) in [5, 5.41) is 26.1. The van der Waals surface area contributed by atoms with Crippen LogP contribution in [-0.2, 0) is 0 Å². The Balaban J connectivity index is 0.00000280. The van der Waals surface area contributed by atoms with Crippen molar-refractivity contribution in [2.75, 3.05) is 88.8 Å². The third kappa shape index (κ3) is 5.96. The van der Waals surface area contributed by atoms with E-state index in [-0.39, 0.29) is 18.2 Å². The number of nitrogens with one attached hydrogen (secondary N) is 2. The molecule has 0 radical (unpaired) electrons. The molecule has 3 fully saturated rings. The van der Waals surface area contributed by atoms with Crippen molar-refractivity contribution in [2.45, 2.75) is 31.3 Å². The van der Waals surface area contributed by atoms with E-state index in [2.05, 4.69) is 46.5 Å². The average Bonchev–Trinajstić information content (AvgIpc) is 2.94. The Hall–Kier alpha value is -2.17. The minimum atomic E-state index is 0. The lowest BCUT2D eigenvalue weighted by Gasteiger charge is -2.49. The Labute approximate surface area is 226 Å². The predicted octanol–water partition coefficient (Wildman–Crippen LogP) is 1.95. The van der Waals surface area contributed by atoms with Crippen LogP contribution in [0.4, 0.5) is 11.5 Å². The second-order valence-corrected chi connectivity index (χ2v) is 10.7. The molecule has 9 nitrogen and oxygen atoms in total. The van der Waals surface area contributed by atoms with E-state index in [9.17, 15) is 5.11 Å². The maximum absolute atomic E-state index is 10.3. The molecule has 5 heterocycles. The zero-order valence-corrected chi connectivity index (χ0v) is 22.5. The number of para-hydroxylation sites is 1. The normalized spacial score (nSPS) is 23.6. The lowest BCUT2D eigenvalue weighted by Crippen LogP contribution is -2.61. The van der Waals surface area contributed by atoms with Crippen molar-refractivity contribution in [3.63, 3.8) is 0 Å². The fourth-order valence-corrected chi connectivity index (χ4v) is 6.43. The number of rotatable bonds is 6. The molecule has 4 aliphatic rings. The van der Waals surface area contributed by atoms with Gasteiger partial charge in [0.2, 0.25) is 0 Å². The number of aromatic hydroxyl groups is 1. The highest BCUT2D eigenvalue weighted by molar-refractivity contribution is 5.85. The topological polar surface area (TPSA) is 83.0 Å². The second-order valence-electron chi connectivity index (χ2n) is 10.7. The van der Waals surface area contributed by atoms with Gasteiger partial charge in [0.25, 0.3) is 0 Å². The molecule has 0 spiro atoms. The Kier molecular flexibility index (Phi) is 8.67. The highest BCUT2D eigenvalue weighted by atomic mass is 35.5. The number of halogens is 1. The predicted molar refractivity (Wildman–Crippen MR) is 151 cm³/mol. The third-order valence-corrected chi connectivity index (χ3v) is 8.51. The van der Waals surface area contributed by atoms with Crippen molar-refractivity contribution in [1.82, 2.24) is 30.2 Å². The van der Waals surface area contributed by atoms with Crippen molar-refractivity contribution >= 4 is 23.9 Å². The van der Waals surface area contributed by atoms with Crippen LogP contribution < -0.4 is 15.5 Å². The molecule has 1 atom stereocenters. The summed E-state index contributed by atoms with van der Waals surface area (Å²) in [6, 6.07) is 10.6. The number of nitrogens with zero attached hydrogens (tertiary/aromatic N) is 6. The van der Waals surface area contributed by atoms with Crippen LogP contribution in [0.1, 0.15) is 19.3 Å². The van der Waals surface area contributed by atoms with E-state index in [1.54, 1.807) is 6.07 Å². The molecule has 10 heteroatoms. The van der Waals surface area contributed by atoms with Crippen molar-refractivity contribution in [3.8, 4) is 17.0 Å². The highest BCUT2D eigenvalue weighted by Gasteiger charge is 2.36. The van der Waals surface area contributed by atoms with Crippen LogP contribution in [0.25, 0.3) is 11.3 Å². The summed E-state index contributed by atoms with van der Waals surface area (Å²) in [4.78, 5) is 10.5. The summed E-state index contributed by atoms with van der Waals surface area (Å²) < 4.78 is 0. The van der Waals surface area contributed by atoms with Gasteiger partial charge in [0.05, 0.1) is 17.4 Å². The van der Waals surface area contributed by atoms with Gasteiger partial charge >= 0.3 is 0 Å². The first-order valence-corrected chi connectivity index (χ1v) is 13.8. The van der Waals surface area contributed by atoms with Crippen molar-refractivity contribution in [1.29, 1.82) is 0 Å². The van der Waals surface area contributed by atoms with Gasteiger partial charge in [0.1, 0.15) is 5.75 Å². The molecule has 6 rings (SSSR count). The highest BCUT2D eigenvalue weighted by Crippen LogP contribution is 2.36. The van der Waals surface area contributed by atoms with Gasteiger partial charge in [-0.05, 0) is 63.6 Å². The van der Waals surface area contributed by atoms with Crippen molar-refractivity contribution < 1.29 is 5.11 Å². The van der Waals surface area contributed by atoms with Crippen LogP contribution in [0.2, 0.25) is 0 Å². The fraction of sp³-hybridized carbons (Fsp3) is 0.630. The molecule has 0 amide bonds. The summed E-state index contributed by atoms with van der Waals surface area (Å²) in [5.74, 6) is 1.10. The van der Waals surface area contributed by atoms with Gasteiger partial charge in [-0.2, -0.15) is 0 Å². The van der Waals surface area contributed by atoms with Gasteiger partial charge in [0.15, 0.2) is 5.82 Å². The number of hydrogen-bond acceptors (Lipinski definition) is 9. The molecule has 0 saturated carbocycles. The van der Waals surface area contributed by atoms with E-state index in [1.807, 2.05) is 18.2 Å². The summed E-state index contributed by atoms with van der Waals surface area (Å²) >= 11 is 0. The SMILES string of the molecule is Cl.Oc1ccccc1-c1cc2c(nn1)NC[C@H]1CN(C3CCN(CCCN4CCNCC4)CC3)CCN21. The van der Waals surface area contributed by atoms with E-state index in [4.69, 9.17) is 0 Å². The number of aromatic nitrogens is 2. The minimum Gasteiger partial charge on any atom is -0.507 e. The molecule has 1 aromatic carbocycles. The molecule has 1 aromatic heterocycles. The summed E-state index contributed by atoms with van der Waals surface area (Å²) in [6.45, 7) is 13.8. The molecular weight excluding hydrogens is 488 g/mol. The Bertz CT molecular complexity index is 1030. The number of piperidine rings is 1.